The molecular weight excluding hydrogens is 480 g/mol. The fourth-order valence-corrected chi connectivity index (χ4v) is 4.56. The van der Waals surface area contributed by atoms with Gasteiger partial charge >= 0.3 is 5.97 Å². The van der Waals surface area contributed by atoms with Gasteiger partial charge in [0, 0.05) is 35.9 Å². The molecule has 0 unspecified atom stereocenters. The highest BCUT2D eigenvalue weighted by atomic mass is 19.1. The number of methoxy groups -OCH3 is 1. The Labute approximate surface area is 222 Å². The lowest BCUT2D eigenvalue weighted by molar-refractivity contribution is -0.0422. The van der Waals surface area contributed by atoms with Gasteiger partial charge in [0.25, 0.3) is 0 Å². The fraction of sp³-hybridized carbons (Fsp3) is 0.214. The second-order valence-electron chi connectivity index (χ2n) is 8.57. The van der Waals surface area contributed by atoms with Gasteiger partial charge in [-0.15, -0.1) is 0 Å². The first kappa shape index (κ1) is 16.6. The zero-order valence-electron chi connectivity index (χ0n) is 27.3. The molecule has 0 saturated heterocycles. The highest BCUT2D eigenvalue weighted by Crippen LogP contribution is 2.46. The molecule has 0 saturated carbocycles. The number of hydrogen-bond donors (Lipinski definition) is 3. The highest BCUT2D eigenvalue weighted by Gasteiger charge is 2.38. The van der Waals surface area contributed by atoms with Crippen molar-refractivity contribution in [3.05, 3.63) is 83.2 Å². The van der Waals surface area contributed by atoms with Gasteiger partial charge in [-0.05, 0) is 60.8 Å². The van der Waals surface area contributed by atoms with Crippen LogP contribution in [0.5, 0.6) is 0 Å². The minimum atomic E-state index is -3.67. The number of H-pyrrole nitrogens is 1. The smallest absolute Gasteiger partial charge is 0.335 e. The number of aromatic carboxylic acids is 1. The average Bonchev–Trinajstić information content (AvgIpc) is 3.56. The van der Waals surface area contributed by atoms with Crippen LogP contribution in [-0.4, -0.2) is 44.6 Å². The molecule has 9 heteroatoms. The van der Waals surface area contributed by atoms with Crippen LogP contribution in [0.2, 0.25) is 0 Å². The van der Waals surface area contributed by atoms with E-state index >= 15 is 4.39 Å². The van der Waals surface area contributed by atoms with Crippen LogP contribution in [-0.2, 0) is 10.3 Å². The Morgan fingerprint density at radius 3 is 2.70 bits per heavy atom. The van der Waals surface area contributed by atoms with E-state index in [0.29, 0.717) is 0 Å². The summed E-state index contributed by atoms with van der Waals surface area (Å²) in [4.78, 5) is 11.6. The van der Waals surface area contributed by atoms with E-state index in [4.69, 9.17) is 15.7 Å². The molecule has 7 nitrogen and oxygen atoms in total. The Kier molecular flexibility index (Phi) is 4.09. The van der Waals surface area contributed by atoms with Crippen molar-refractivity contribution in [3.63, 3.8) is 0 Å². The largest absolute Gasteiger partial charge is 0.478 e. The molecule has 0 radical (unpaired) electrons. The van der Waals surface area contributed by atoms with Gasteiger partial charge in [-0.3, -0.25) is 5.10 Å². The van der Waals surface area contributed by atoms with E-state index in [2.05, 4.69) is 10.2 Å². The number of fused-ring (bicyclic) bond motifs is 2. The molecule has 0 aliphatic heterocycles. The van der Waals surface area contributed by atoms with Gasteiger partial charge < -0.3 is 19.5 Å². The monoisotopic (exact) mass is 513 g/mol. The Hall–Kier alpha value is -4.08. The van der Waals surface area contributed by atoms with Gasteiger partial charge in [0.15, 0.2) is 5.82 Å². The molecule has 1 atom stereocenters. The molecule has 0 amide bonds. The molecule has 190 valence electrons. The Bertz CT molecular complexity index is 1950. The number of aromatic nitrogens is 3. The third-order valence-corrected chi connectivity index (χ3v) is 6.31. The maximum Gasteiger partial charge on any atom is 0.335 e. The first-order valence-electron chi connectivity index (χ1n) is 15.0. The standard InChI is InChI=1S/C28H25F2N3O4/c1-4-28(36,14-37-3)26-22(16-5-7-17(8-6-16)27(34)35)23-21(12-18-13-31-32-25(18)24(23)30)33(26)19-9-10-20(29)15(2)11-19/h5-13,36H,4,14H2,1-3H3,(H,31,32)(H,34,35)/t28-/m1/s1/i1D3,3D3,4D2. The number of hydrogen-bond acceptors (Lipinski definition) is 4. The summed E-state index contributed by atoms with van der Waals surface area (Å²) in [6.45, 7) is -3.65. The number of carboxylic acids is 1. The lowest BCUT2D eigenvalue weighted by Crippen LogP contribution is -2.33. The minimum absolute atomic E-state index is 0.00370. The van der Waals surface area contributed by atoms with E-state index in [-0.39, 0.29) is 49.7 Å². The van der Waals surface area contributed by atoms with Crippen molar-refractivity contribution in [1.29, 1.82) is 0 Å². The molecule has 3 N–H and O–H groups in total. The van der Waals surface area contributed by atoms with E-state index in [0.717, 1.165) is 22.8 Å². The number of halogens is 2. The van der Waals surface area contributed by atoms with Crippen molar-refractivity contribution in [2.24, 2.45) is 0 Å². The van der Waals surface area contributed by atoms with Crippen LogP contribution < -0.4 is 0 Å². The number of nitrogens with zero attached hydrogens (tertiary/aromatic N) is 2. The topological polar surface area (TPSA) is 100 Å². The minimum Gasteiger partial charge on any atom is -0.478 e. The summed E-state index contributed by atoms with van der Waals surface area (Å²) in [5.41, 5.74) is -4.54. The van der Waals surface area contributed by atoms with Crippen molar-refractivity contribution in [3.8, 4) is 16.8 Å². The number of carbonyl (C=O) groups is 1. The van der Waals surface area contributed by atoms with Gasteiger partial charge in [-0.1, -0.05) is 19.0 Å². The first-order valence-corrected chi connectivity index (χ1v) is 11.0. The average molecular weight is 514 g/mol. The van der Waals surface area contributed by atoms with Gasteiger partial charge in [0.05, 0.1) is 33.7 Å². The molecular formula is C28H25F2N3O4. The number of nitrogens with one attached hydrogen (secondary N) is 1. The van der Waals surface area contributed by atoms with Crippen LogP contribution in [0, 0.1) is 18.6 Å². The number of benzene rings is 3. The fourth-order valence-electron chi connectivity index (χ4n) is 4.56. The highest BCUT2D eigenvalue weighted by molar-refractivity contribution is 6.06. The molecule has 37 heavy (non-hydrogen) atoms. The zero-order chi connectivity index (χ0) is 33.3. The zero-order valence-corrected chi connectivity index (χ0v) is 19.3. The van der Waals surface area contributed by atoms with Gasteiger partial charge in [-0.25, -0.2) is 13.6 Å². The lowest BCUT2D eigenvalue weighted by Gasteiger charge is -2.30. The molecule has 3 aromatic carbocycles. The lowest BCUT2D eigenvalue weighted by atomic mass is 9.89. The van der Waals surface area contributed by atoms with E-state index in [1.165, 1.54) is 43.5 Å². The van der Waals surface area contributed by atoms with Gasteiger partial charge in [0.1, 0.15) is 16.9 Å². The number of aliphatic hydroxyl groups is 1. The Morgan fingerprint density at radius 2 is 2.03 bits per heavy atom. The molecule has 0 fully saturated rings. The predicted octanol–water partition coefficient (Wildman–Crippen LogP) is 5.70. The number of ether oxygens (including phenoxy) is 1. The molecule has 0 spiro atoms. The van der Waals surface area contributed by atoms with Crippen LogP contribution in [0.1, 0.15) is 45.8 Å². The summed E-state index contributed by atoms with van der Waals surface area (Å²) in [7, 11) is -3.24. The summed E-state index contributed by atoms with van der Waals surface area (Å²) < 4.78 is 101. The van der Waals surface area contributed by atoms with Crippen molar-refractivity contribution >= 4 is 27.8 Å². The van der Waals surface area contributed by atoms with Crippen LogP contribution in [0.4, 0.5) is 8.78 Å². The van der Waals surface area contributed by atoms with Crippen molar-refractivity contribution in [2.75, 3.05) is 13.6 Å². The summed E-state index contributed by atoms with van der Waals surface area (Å²) in [5, 5.41) is 28.2. The van der Waals surface area contributed by atoms with Crippen LogP contribution >= 0.6 is 0 Å². The molecule has 0 aliphatic carbocycles. The number of carboxylic acid groups (broad SMARTS) is 1. The molecule has 2 heterocycles. The molecule has 0 aliphatic rings. The van der Waals surface area contributed by atoms with Gasteiger partial charge in [0.2, 0.25) is 0 Å². The third-order valence-electron chi connectivity index (χ3n) is 6.31. The predicted molar refractivity (Wildman–Crippen MR) is 136 cm³/mol. The Balaban J connectivity index is 2.06. The number of rotatable bonds is 7. The molecule has 5 aromatic rings. The summed E-state index contributed by atoms with van der Waals surface area (Å²) in [6, 6.07) is 9.82. The molecule has 2 aromatic heterocycles. The van der Waals surface area contributed by atoms with Gasteiger partial charge in [-0.2, -0.15) is 5.10 Å². The van der Waals surface area contributed by atoms with E-state index < -0.39 is 55.8 Å². The number of aryl methyl sites for hydroxylation is 1. The van der Waals surface area contributed by atoms with Crippen molar-refractivity contribution < 1.29 is 39.5 Å². The van der Waals surface area contributed by atoms with Crippen LogP contribution in [0.15, 0.2) is 54.7 Å². The normalized spacial score (nSPS) is 17.6. The second-order valence-corrected chi connectivity index (χ2v) is 8.57. The third kappa shape index (κ3) is 3.87. The number of aromatic amines is 1. The summed E-state index contributed by atoms with van der Waals surface area (Å²) >= 11 is 0. The summed E-state index contributed by atoms with van der Waals surface area (Å²) in [5.74, 6) is -2.88. The van der Waals surface area contributed by atoms with Crippen LogP contribution in [0.3, 0.4) is 0 Å². The SMILES string of the molecule is [2H]C([2H])([2H])OC[C@@](O)(c1c(-c2ccc(C(=O)O)cc2)c2c(F)c3[nH]ncc3cc2n1-c1ccc(F)c(C)c1)C([2H])([2H])C([2H])([2H])[2H]. The maximum atomic E-state index is 16.6. The first-order chi connectivity index (χ1) is 20.8. The second kappa shape index (κ2) is 9.10. The maximum absolute atomic E-state index is 16.6. The van der Waals surface area contributed by atoms with E-state index in [9.17, 15) is 19.4 Å². The quantitative estimate of drug-likeness (QED) is 0.259. The van der Waals surface area contributed by atoms with E-state index in [1.54, 1.807) is 0 Å². The van der Waals surface area contributed by atoms with E-state index in [1.807, 2.05) is 0 Å². The molecule has 5 rings (SSSR count). The summed E-state index contributed by atoms with van der Waals surface area (Å²) in [6.07, 6.45) is -2.38. The molecule has 0 bridgehead atoms. The van der Waals surface area contributed by atoms with Crippen molar-refractivity contribution in [2.45, 2.75) is 25.7 Å². The Morgan fingerprint density at radius 1 is 1.24 bits per heavy atom. The van der Waals surface area contributed by atoms with Crippen molar-refractivity contribution in [1.82, 2.24) is 14.8 Å². The van der Waals surface area contributed by atoms with Crippen LogP contribution in [0.25, 0.3) is 38.6 Å².